The lowest BCUT2D eigenvalue weighted by Crippen LogP contribution is -2.31. The van der Waals surface area contributed by atoms with Crippen LogP contribution in [0.2, 0.25) is 0 Å². The molecular formula is C15H26O. The van der Waals surface area contributed by atoms with Crippen LogP contribution in [0.3, 0.4) is 0 Å². The van der Waals surface area contributed by atoms with E-state index < -0.39 is 5.60 Å². The second-order valence-electron chi connectivity index (χ2n) is 5.41. The third-order valence-electron chi connectivity index (χ3n) is 3.77. The summed E-state index contributed by atoms with van der Waals surface area (Å²) in [4.78, 5) is 0. The van der Waals surface area contributed by atoms with Crippen LogP contribution in [0.1, 0.15) is 53.4 Å². The minimum Gasteiger partial charge on any atom is -0.385 e. The number of hydrogen-bond donors (Lipinski definition) is 1. The van der Waals surface area contributed by atoms with Crippen LogP contribution in [0.25, 0.3) is 0 Å². The van der Waals surface area contributed by atoms with Crippen LogP contribution < -0.4 is 0 Å². The zero-order valence-corrected chi connectivity index (χ0v) is 11.2. The summed E-state index contributed by atoms with van der Waals surface area (Å²) in [5.74, 6) is 0.792. The molecule has 92 valence electrons. The van der Waals surface area contributed by atoms with Gasteiger partial charge in [0.1, 0.15) is 0 Å². The monoisotopic (exact) mass is 222 g/mol. The molecule has 1 aliphatic rings. The van der Waals surface area contributed by atoms with E-state index in [0.29, 0.717) is 5.92 Å². The van der Waals surface area contributed by atoms with E-state index in [0.717, 1.165) is 0 Å². The highest BCUT2D eigenvalue weighted by Gasteiger charge is 2.27. The normalized spacial score (nSPS) is 31.3. The molecule has 1 rings (SSSR count). The Hall–Kier alpha value is -0.560. The van der Waals surface area contributed by atoms with Crippen molar-refractivity contribution in [3.63, 3.8) is 0 Å². The molecule has 1 nitrogen and oxygen atoms in total. The molecule has 1 heteroatoms. The van der Waals surface area contributed by atoms with Gasteiger partial charge in [-0.05, 0) is 30.9 Å². The zero-order valence-electron chi connectivity index (χ0n) is 11.2. The first-order valence-electron chi connectivity index (χ1n) is 6.60. The molecule has 1 aliphatic carbocycles. The lowest BCUT2D eigenvalue weighted by atomic mass is 9.80. The van der Waals surface area contributed by atoms with Crippen molar-refractivity contribution < 1.29 is 5.11 Å². The van der Waals surface area contributed by atoms with Crippen molar-refractivity contribution in [2.75, 3.05) is 0 Å². The molecule has 3 unspecified atom stereocenters. The Morgan fingerprint density at radius 2 is 2.12 bits per heavy atom. The molecular weight excluding hydrogens is 196 g/mol. The molecule has 0 spiro atoms. The van der Waals surface area contributed by atoms with Gasteiger partial charge in [0.25, 0.3) is 0 Å². The van der Waals surface area contributed by atoms with E-state index in [4.69, 9.17) is 0 Å². The van der Waals surface area contributed by atoms with Gasteiger partial charge in [-0.15, -0.1) is 0 Å². The number of aliphatic hydroxyl groups is 1. The quantitative estimate of drug-likeness (QED) is 0.695. The van der Waals surface area contributed by atoms with Gasteiger partial charge in [-0.2, -0.15) is 0 Å². The molecule has 0 bridgehead atoms. The zero-order chi connectivity index (χ0) is 12.2. The fraction of sp³-hybridized carbons (Fsp3) is 0.733. The number of hydrogen-bond acceptors (Lipinski definition) is 1. The Balaban J connectivity index is 2.57. The Morgan fingerprint density at radius 1 is 1.44 bits per heavy atom. The topological polar surface area (TPSA) is 20.2 Å². The predicted octanol–water partition coefficient (Wildman–Crippen LogP) is 4.09. The fourth-order valence-electron chi connectivity index (χ4n) is 2.14. The third-order valence-corrected chi connectivity index (χ3v) is 3.77. The van der Waals surface area contributed by atoms with Gasteiger partial charge in [-0.25, -0.2) is 0 Å². The minimum atomic E-state index is -0.664. The summed E-state index contributed by atoms with van der Waals surface area (Å²) in [6.07, 6.45) is 11.5. The van der Waals surface area contributed by atoms with Gasteiger partial charge in [0, 0.05) is 5.92 Å². The van der Waals surface area contributed by atoms with Crippen molar-refractivity contribution in [2.45, 2.75) is 59.0 Å². The first-order valence-corrected chi connectivity index (χ1v) is 6.60. The smallest absolute Gasteiger partial charge is 0.0865 e. The molecule has 0 aromatic carbocycles. The standard InChI is InChI=1S/C15H26O/c1-5-6-7-8-12(2)14-10-9-13(3)15(4,16)11-14/h9-13,16H,5-8H2,1-4H3. The summed E-state index contributed by atoms with van der Waals surface area (Å²) in [6, 6.07) is 0. The van der Waals surface area contributed by atoms with Crippen molar-refractivity contribution in [2.24, 2.45) is 11.8 Å². The maximum Gasteiger partial charge on any atom is 0.0865 e. The summed E-state index contributed by atoms with van der Waals surface area (Å²) in [5, 5.41) is 10.2. The second-order valence-corrected chi connectivity index (χ2v) is 5.41. The molecule has 1 N–H and O–H groups in total. The maximum atomic E-state index is 10.2. The van der Waals surface area contributed by atoms with Gasteiger partial charge in [-0.3, -0.25) is 0 Å². The summed E-state index contributed by atoms with van der Waals surface area (Å²) >= 11 is 0. The molecule has 0 heterocycles. The third kappa shape index (κ3) is 3.48. The van der Waals surface area contributed by atoms with Gasteiger partial charge in [-0.1, -0.05) is 52.2 Å². The van der Waals surface area contributed by atoms with E-state index in [-0.39, 0.29) is 5.92 Å². The lowest BCUT2D eigenvalue weighted by Gasteiger charge is -2.30. The summed E-state index contributed by atoms with van der Waals surface area (Å²) in [7, 11) is 0. The molecule has 0 aromatic heterocycles. The Labute approximate surface area is 100 Å². The van der Waals surface area contributed by atoms with E-state index in [1.54, 1.807) is 0 Å². The Morgan fingerprint density at radius 3 is 2.69 bits per heavy atom. The molecule has 0 aliphatic heterocycles. The number of rotatable bonds is 5. The Bertz CT molecular complexity index is 273. The van der Waals surface area contributed by atoms with Gasteiger partial charge in [0.05, 0.1) is 5.60 Å². The molecule has 0 aromatic rings. The van der Waals surface area contributed by atoms with Crippen LogP contribution in [-0.2, 0) is 0 Å². The van der Waals surface area contributed by atoms with Crippen molar-refractivity contribution in [3.05, 3.63) is 23.8 Å². The first-order chi connectivity index (χ1) is 7.47. The SMILES string of the molecule is CCCCCC(C)C1=CC(C)(O)C(C)C=C1. The molecule has 0 fully saturated rings. The Kier molecular flexibility index (Phi) is 4.79. The largest absolute Gasteiger partial charge is 0.385 e. The van der Waals surface area contributed by atoms with Crippen LogP contribution in [0.4, 0.5) is 0 Å². The predicted molar refractivity (Wildman–Crippen MR) is 70.3 cm³/mol. The highest BCUT2D eigenvalue weighted by atomic mass is 16.3. The van der Waals surface area contributed by atoms with Crippen molar-refractivity contribution in [1.82, 2.24) is 0 Å². The van der Waals surface area contributed by atoms with Crippen LogP contribution >= 0.6 is 0 Å². The lowest BCUT2D eigenvalue weighted by molar-refractivity contribution is 0.0713. The van der Waals surface area contributed by atoms with E-state index in [1.807, 2.05) is 13.0 Å². The molecule has 0 amide bonds. The van der Waals surface area contributed by atoms with Crippen molar-refractivity contribution >= 4 is 0 Å². The van der Waals surface area contributed by atoms with E-state index >= 15 is 0 Å². The summed E-state index contributed by atoms with van der Waals surface area (Å²) in [5.41, 5.74) is 0.641. The van der Waals surface area contributed by atoms with Crippen LogP contribution in [0.5, 0.6) is 0 Å². The first kappa shape index (κ1) is 13.5. The van der Waals surface area contributed by atoms with E-state index in [9.17, 15) is 5.11 Å². The number of unbranched alkanes of at least 4 members (excludes halogenated alkanes) is 2. The molecule has 0 saturated carbocycles. The van der Waals surface area contributed by atoms with Gasteiger partial charge < -0.3 is 5.11 Å². The number of allylic oxidation sites excluding steroid dienone is 2. The highest BCUT2D eigenvalue weighted by molar-refractivity contribution is 5.31. The van der Waals surface area contributed by atoms with Crippen LogP contribution in [0, 0.1) is 11.8 Å². The van der Waals surface area contributed by atoms with Gasteiger partial charge in [0.2, 0.25) is 0 Å². The second kappa shape index (κ2) is 5.67. The van der Waals surface area contributed by atoms with Crippen LogP contribution in [-0.4, -0.2) is 10.7 Å². The molecule has 16 heavy (non-hydrogen) atoms. The van der Waals surface area contributed by atoms with E-state index in [2.05, 4.69) is 32.9 Å². The molecule has 0 saturated heterocycles. The summed E-state index contributed by atoms with van der Waals surface area (Å²) in [6.45, 7) is 8.46. The van der Waals surface area contributed by atoms with Crippen molar-refractivity contribution in [1.29, 1.82) is 0 Å². The van der Waals surface area contributed by atoms with Crippen LogP contribution in [0.15, 0.2) is 23.8 Å². The molecule has 0 radical (unpaired) electrons. The summed E-state index contributed by atoms with van der Waals surface area (Å²) < 4.78 is 0. The minimum absolute atomic E-state index is 0.221. The average molecular weight is 222 g/mol. The van der Waals surface area contributed by atoms with Crippen molar-refractivity contribution in [3.8, 4) is 0 Å². The van der Waals surface area contributed by atoms with Gasteiger partial charge >= 0.3 is 0 Å². The van der Waals surface area contributed by atoms with Gasteiger partial charge in [0.15, 0.2) is 0 Å². The fourth-order valence-corrected chi connectivity index (χ4v) is 2.14. The maximum absolute atomic E-state index is 10.2. The average Bonchev–Trinajstić information content (AvgIpc) is 2.22. The molecule has 3 atom stereocenters. The highest BCUT2D eigenvalue weighted by Crippen LogP contribution is 2.31. The van der Waals surface area contributed by atoms with E-state index in [1.165, 1.54) is 31.3 Å².